The molecule has 0 amide bonds. The van der Waals surface area contributed by atoms with E-state index in [2.05, 4.69) is 25.4 Å². The van der Waals surface area contributed by atoms with Gasteiger partial charge in [0.15, 0.2) is 0 Å². The molecule has 0 aromatic carbocycles. The van der Waals surface area contributed by atoms with Crippen LogP contribution in [0, 0.1) is 5.92 Å². The summed E-state index contributed by atoms with van der Waals surface area (Å²) >= 11 is 0. The zero-order valence-electron chi connectivity index (χ0n) is 10.7. The van der Waals surface area contributed by atoms with E-state index in [1.165, 1.54) is 12.8 Å². The first kappa shape index (κ1) is 12.2. The lowest BCUT2D eigenvalue weighted by Gasteiger charge is -2.21. The van der Waals surface area contributed by atoms with Crippen LogP contribution in [-0.4, -0.2) is 33.2 Å². The summed E-state index contributed by atoms with van der Waals surface area (Å²) in [6.45, 7) is 2.25. The van der Waals surface area contributed by atoms with Crippen LogP contribution in [-0.2, 0) is 6.42 Å². The van der Waals surface area contributed by atoms with Gasteiger partial charge in [0, 0.05) is 18.8 Å². The van der Waals surface area contributed by atoms with Crippen molar-refractivity contribution in [2.45, 2.75) is 25.7 Å². The van der Waals surface area contributed by atoms with E-state index in [9.17, 15) is 0 Å². The molecule has 3 rings (SSSR count). The number of aromatic nitrogens is 4. The monoisotopic (exact) mass is 259 g/mol. The number of piperidine rings is 1. The first-order valence-corrected chi connectivity index (χ1v) is 6.71. The summed E-state index contributed by atoms with van der Waals surface area (Å²) < 4.78 is 5.27. The molecule has 1 aliphatic heterocycles. The van der Waals surface area contributed by atoms with Crippen molar-refractivity contribution in [2.24, 2.45) is 5.92 Å². The van der Waals surface area contributed by atoms with E-state index < -0.39 is 0 Å². The van der Waals surface area contributed by atoms with E-state index in [1.54, 1.807) is 18.6 Å². The van der Waals surface area contributed by atoms with Gasteiger partial charge in [0.25, 0.3) is 0 Å². The second-order valence-corrected chi connectivity index (χ2v) is 4.83. The minimum absolute atomic E-state index is 0.522. The number of nitrogens with zero attached hydrogens (tertiary/aromatic N) is 4. The van der Waals surface area contributed by atoms with Crippen LogP contribution in [0.3, 0.4) is 0 Å². The summed E-state index contributed by atoms with van der Waals surface area (Å²) in [6, 6.07) is 0. The van der Waals surface area contributed by atoms with Gasteiger partial charge in [0.2, 0.25) is 11.7 Å². The van der Waals surface area contributed by atoms with E-state index in [1.807, 2.05) is 0 Å². The van der Waals surface area contributed by atoms with Crippen LogP contribution in [0.25, 0.3) is 11.5 Å². The van der Waals surface area contributed by atoms with Gasteiger partial charge in [0.1, 0.15) is 5.69 Å². The van der Waals surface area contributed by atoms with Crippen molar-refractivity contribution < 1.29 is 4.52 Å². The summed E-state index contributed by atoms with van der Waals surface area (Å²) in [5.41, 5.74) is 0.652. The molecule has 3 heterocycles. The Balaban J connectivity index is 1.59. The Morgan fingerprint density at radius 1 is 1.26 bits per heavy atom. The van der Waals surface area contributed by atoms with Crippen molar-refractivity contribution in [1.29, 1.82) is 0 Å². The highest BCUT2D eigenvalue weighted by molar-refractivity contribution is 5.45. The minimum atomic E-state index is 0.522. The predicted molar refractivity (Wildman–Crippen MR) is 69.2 cm³/mol. The molecule has 19 heavy (non-hydrogen) atoms. The molecule has 0 atom stereocenters. The van der Waals surface area contributed by atoms with Gasteiger partial charge in [-0.15, -0.1) is 0 Å². The SMILES string of the molecule is c1cnc(-c2noc(CCC3CCNCC3)n2)cn1. The normalized spacial score (nSPS) is 16.6. The standard InChI is InChI=1S/C13H17N5O/c1(10-3-5-14-6-4-10)2-12-17-13(18-19-12)11-9-15-7-8-16-11/h7-10,14H,1-6H2. The van der Waals surface area contributed by atoms with Gasteiger partial charge in [0.05, 0.1) is 6.20 Å². The maximum Gasteiger partial charge on any atom is 0.227 e. The molecule has 0 saturated carbocycles. The second-order valence-electron chi connectivity index (χ2n) is 4.83. The van der Waals surface area contributed by atoms with Crippen LogP contribution in [0.1, 0.15) is 25.2 Å². The fourth-order valence-corrected chi connectivity index (χ4v) is 2.37. The van der Waals surface area contributed by atoms with Crippen molar-refractivity contribution >= 4 is 0 Å². The highest BCUT2D eigenvalue weighted by atomic mass is 16.5. The number of rotatable bonds is 4. The Labute approximate surface area is 111 Å². The molecule has 0 unspecified atom stereocenters. The van der Waals surface area contributed by atoms with Crippen LogP contribution in [0.15, 0.2) is 23.1 Å². The third kappa shape index (κ3) is 3.14. The molecule has 0 bridgehead atoms. The number of hydrogen-bond acceptors (Lipinski definition) is 6. The third-order valence-electron chi connectivity index (χ3n) is 3.49. The maximum atomic E-state index is 5.27. The summed E-state index contributed by atoms with van der Waals surface area (Å²) in [6.07, 6.45) is 9.33. The van der Waals surface area contributed by atoms with Crippen LogP contribution >= 0.6 is 0 Å². The molecule has 100 valence electrons. The summed E-state index contributed by atoms with van der Waals surface area (Å²) in [4.78, 5) is 12.5. The zero-order valence-corrected chi connectivity index (χ0v) is 10.7. The molecule has 6 heteroatoms. The Morgan fingerprint density at radius 2 is 2.16 bits per heavy atom. The molecule has 1 fully saturated rings. The lowest BCUT2D eigenvalue weighted by Crippen LogP contribution is -2.27. The van der Waals surface area contributed by atoms with Crippen LogP contribution in [0.5, 0.6) is 0 Å². The minimum Gasteiger partial charge on any atom is -0.339 e. The van der Waals surface area contributed by atoms with Crippen LogP contribution < -0.4 is 5.32 Å². The van der Waals surface area contributed by atoms with Gasteiger partial charge in [-0.25, -0.2) is 4.98 Å². The van der Waals surface area contributed by atoms with Crippen molar-refractivity contribution in [3.8, 4) is 11.5 Å². The maximum absolute atomic E-state index is 5.27. The summed E-state index contributed by atoms with van der Waals surface area (Å²) in [5.74, 6) is 1.99. The molecule has 1 saturated heterocycles. The van der Waals surface area contributed by atoms with E-state index in [0.29, 0.717) is 17.4 Å². The van der Waals surface area contributed by atoms with Gasteiger partial charge < -0.3 is 9.84 Å². The summed E-state index contributed by atoms with van der Waals surface area (Å²) in [7, 11) is 0. The molecule has 0 aliphatic carbocycles. The molecule has 2 aromatic rings. The fraction of sp³-hybridized carbons (Fsp3) is 0.538. The topological polar surface area (TPSA) is 76.7 Å². The number of aryl methyl sites for hydroxylation is 1. The van der Waals surface area contributed by atoms with Crippen LogP contribution in [0.4, 0.5) is 0 Å². The quantitative estimate of drug-likeness (QED) is 0.895. The molecular formula is C13H17N5O. The molecule has 1 N–H and O–H groups in total. The Bertz CT molecular complexity index is 507. The molecule has 2 aromatic heterocycles. The highest BCUT2D eigenvalue weighted by Gasteiger charge is 2.15. The fourth-order valence-electron chi connectivity index (χ4n) is 2.37. The average molecular weight is 259 g/mol. The molecule has 0 radical (unpaired) electrons. The second kappa shape index (κ2) is 5.88. The first-order valence-electron chi connectivity index (χ1n) is 6.71. The largest absolute Gasteiger partial charge is 0.339 e. The van der Waals surface area contributed by atoms with Crippen LogP contribution in [0.2, 0.25) is 0 Å². The molecule has 1 aliphatic rings. The molecular weight excluding hydrogens is 242 g/mol. The van der Waals surface area contributed by atoms with E-state index >= 15 is 0 Å². The van der Waals surface area contributed by atoms with E-state index in [-0.39, 0.29) is 0 Å². The van der Waals surface area contributed by atoms with Crippen molar-refractivity contribution in [3.63, 3.8) is 0 Å². The lowest BCUT2D eigenvalue weighted by molar-refractivity contribution is 0.324. The van der Waals surface area contributed by atoms with Gasteiger partial charge in [-0.2, -0.15) is 4.98 Å². The van der Waals surface area contributed by atoms with Crippen molar-refractivity contribution in [3.05, 3.63) is 24.5 Å². The van der Waals surface area contributed by atoms with Gasteiger partial charge in [-0.05, 0) is 38.3 Å². The number of hydrogen-bond donors (Lipinski definition) is 1. The lowest BCUT2D eigenvalue weighted by atomic mass is 9.93. The third-order valence-corrected chi connectivity index (χ3v) is 3.49. The molecule has 0 spiro atoms. The van der Waals surface area contributed by atoms with E-state index in [4.69, 9.17) is 4.52 Å². The Hall–Kier alpha value is -1.82. The van der Waals surface area contributed by atoms with Gasteiger partial charge in [-0.3, -0.25) is 4.98 Å². The Morgan fingerprint density at radius 3 is 2.95 bits per heavy atom. The smallest absolute Gasteiger partial charge is 0.227 e. The highest BCUT2D eigenvalue weighted by Crippen LogP contribution is 2.19. The number of nitrogens with one attached hydrogen (secondary N) is 1. The van der Waals surface area contributed by atoms with Crippen molar-refractivity contribution in [2.75, 3.05) is 13.1 Å². The van der Waals surface area contributed by atoms with Gasteiger partial charge in [-0.1, -0.05) is 5.16 Å². The van der Waals surface area contributed by atoms with Gasteiger partial charge >= 0.3 is 0 Å². The average Bonchev–Trinajstić information content (AvgIpc) is 2.96. The zero-order chi connectivity index (χ0) is 12.9. The Kier molecular flexibility index (Phi) is 3.78. The molecule has 6 nitrogen and oxygen atoms in total. The predicted octanol–water partition coefficient (Wildman–Crippen LogP) is 1.46. The van der Waals surface area contributed by atoms with Crippen molar-refractivity contribution in [1.82, 2.24) is 25.4 Å². The summed E-state index contributed by atoms with van der Waals surface area (Å²) in [5, 5.41) is 7.32. The van der Waals surface area contributed by atoms with E-state index in [0.717, 1.165) is 31.8 Å². The first-order chi connectivity index (χ1) is 9.42.